The van der Waals surface area contributed by atoms with Crippen LogP contribution in [-0.2, 0) is 4.79 Å². The number of thiocyanates is 1. The number of hydrogen-bond acceptors (Lipinski definition) is 5. The van der Waals surface area contributed by atoms with Crippen LogP contribution in [0.15, 0.2) is 57.5 Å². The summed E-state index contributed by atoms with van der Waals surface area (Å²) in [6.07, 6.45) is 2.83. The van der Waals surface area contributed by atoms with Gasteiger partial charge in [0.15, 0.2) is 0 Å². The summed E-state index contributed by atoms with van der Waals surface area (Å²) in [5, 5.41) is 22.2. The van der Waals surface area contributed by atoms with Crippen LogP contribution >= 0.6 is 11.8 Å². The van der Waals surface area contributed by atoms with Gasteiger partial charge in [0.2, 0.25) is 0 Å². The Morgan fingerprint density at radius 2 is 2.00 bits per heavy atom. The summed E-state index contributed by atoms with van der Waals surface area (Å²) in [4.78, 5) is 12.8. The maximum absolute atomic E-state index is 12.0. The zero-order chi connectivity index (χ0) is 15.1. The molecule has 0 saturated carbocycles. The van der Waals surface area contributed by atoms with Crippen molar-refractivity contribution >= 4 is 29.4 Å². The molecule has 0 unspecified atom stereocenters. The highest BCUT2D eigenvalue weighted by Gasteiger charge is 2.10. The molecule has 0 atom stereocenters. The van der Waals surface area contributed by atoms with Crippen LogP contribution in [0.5, 0.6) is 0 Å². The highest BCUT2D eigenvalue weighted by molar-refractivity contribution is 8.03. The van der Waals surface area contributed by atoms with E-state index in [-0.39, 0.29) is 5.57 Å². The number of nitrogens with zero attached hydrogens (tertiary/aromatic N) is 2. The number of nitrogens with one attached hydrogen (secondary N) is 1. The molecule has 0 bridgehead atoms. The predicted octanol–water partition coefficient (Wildman–Crippen LogP) is 3.40. The Bertz CT molecular complexity index is 735. The number of nitriles is 2. The van der Waals surface area contributed by atoms with Gasteiger partial charge in [0, 0.05) is 16.7 Å². The fraction of sp³-hybridized carbons (Fsp3) is 0. The lowest BCUT2D eigenvalue weighted by Gasteiger charge is -2.04. The van der Waals surface area contributed by atoms with Gasteiger partial charge in [0.1, 0.15) is 22.8 Å². The van der Waals surface area contributed by atoms with Crippen LogP contribution < -0.4 is 5.32 Å². The molecule has 1 heterocycles. The SMILES string of the molecule is N#CSc1ccc(NC(=O)/C(C#N)=C/c2ccco2)cc1. The number of anilines is 1. The first-order valence-corrected chi connectivity index (χ1v) is 6.67. The third-order valence-electron chi connectivity index (χ3n) is 2.47. The fourth-order valence-electron chi connectivity index (χ4n) is 1.52. The number of carbonyl (C=O) groups is 1. The van der Waals surface area contributed by atoms with Crippen LogP contribution in [-0.4, -0.2) is 5.91 Å². The van der Waals surface area contributed by atoms with Crippen LogP contribution in [0.25, 0.3) is 6.08 Å². The number of carbonyl (C=O) groups excluding carboxylic acids is 1. The molecule has 0 fully saturated rings. The summed E-state index contributed by atoms with van der Waals surface area (Å²) in [5.74, 6) is -0.0861. The van der Waals surface area contributed by atoms with E-state index in [2.05, 4.69) is 5.32 Å². The Balaban J connectivity index is 2.10. The lowest BCUT2D eigenvalue weighted by atomic mass is 10.2. The second kappa shape index (κ2) is 6.99. The Hall–Kier alpha value is -2.96. The third-order valence-corrected chi connectivity index (χ3v) is 3.07. The number of furan rings is 1. The molecule has 102 valence electrons. The summed E-state index contributed by atoms with van der Waals surface area (Å²) in [6, 6.07) is 11.9. The van der Waals surface area contributed by atoms with Crippen LogP contribution in [0, 0.1) is 22.0 Å². The van der Waals surface area contributed by atoms with Gasteiger partial charge < -0.3 is 9.73 Å². The molecule has 1 aromatic carbocycles. The van der Waals surface area contributed by atoms with Gasteiger partial charge in [0.25, 0.3) is 5.91 Å². The zero-order valence-electron chi connectivity index (χ0n) is 10.7. The molecule has 1 N–H and O–H groups in total. The van der Waals surface area contributed by atoms with E-state index in [0.717, 1.165) is 16.7 Å². The minimum absolute atomic E-state index is 0.0552. The van der Waals surface area contributed by atoms with Crippen molar-refractivity contribution in [2.24, 2.45) is 0 Å². The van der Waals surface area contributed by atoms with Crippen LogP contribution in [0.3, 0.4) is 0 Å². The van der Waals surface area contributed by atoms with E-state index < -0.39 is 5.91 Å². The molecule has 0 radical (unpaired) electrons. The van der Waals surface area contributed by atoms with E-state index >= 15 is 0 Å². The van der Waals surface area contributed by atoms with Crippen molar-refractivity contribution in [1.82, 2.24) is 0 Å². The largest absolute Gasteiger partial charge is 0.465 e. The molecule has 2 aromatic rings. The van der Waals surface area contributed by atoms with Crippen molar-refractivity contribution in [3.63, 3.8) is 0 Å². The van der Waals surface area contributed by atoms with Crippen molar-refractivity contribution in [3.05, 3.63) is 54.0 Å². The second-order valence-corrected chi connectivity index (χ2v) is 4.72. The Morgan fingerprint density at radius 3 is 2.57 bits per heavy atom. The monoisotopic (exact) mass is 295 g/mol. The van der Waals surface area contributed by atoms with Crippen molar-refractivity contribution in [2.75, 3.05) is 5.32 Å². The minimum Gasteiger partial charge on any atom is -0.465 e. The molecule has 0 saturated heterocycles. The van der Waals surface area contributed by atoms with E-state index in [1.165, 1.54) is 12.3 Å². The molecule has 1 aromatic heterocycles. The van der Waals surface area contributed by atoms with Crippen LogP contribution in [0.1, 0.15) is 5.76 Å². The van der Waals surface area contributed by atoms with Gasteiger partial charge in [0.05, 0.1) is 6.26 Å². The molecule has 21 heavy (non-hydrogen) atoms. The van der Waals surface area contributed by atoms with E-state index in [0.29, 0.717) is 11.4 Å². The Kier molecular flexibility index (Phi) is 4.81. The van der Waals surface area contributed by atoms with Gasteiger partial charge in [-0.15, -0.1) is 0 Å². The number of rotatable bonds is 4. The molecule has 2 rings (SSSR count). The maximum atomic E-state index is 12.0. The average Bonchev–Trinajstić information content (AvgIpc) is 3.00. The van der Waals surface area contributed by atoms with Crippen molar-refractivity contribution in [2.45, 2.75) is 4.90 Å². The van der Waals surface area contributed by atoms with Crippen molar-refractivity contribution in [3.8, 4) is 11.5 Å². The van der Waals surface area contributed by atoms with E-state index in [4.69, 9.17) is 14.9 Å². The molecule has 0 aliphatic rings. The molecule has 5 nitrogen and oxygen atoms in total. The van der Waals surface area contributed by atoms with Crippen molar-refractivity contribution < 1.29 is 9.21 Å². The summed E-state index contributed by atoms with van der Waals surface area (Å²) in [6.45, 7) is 0. The highest BCUT2D eigenvalue weighted by atomic mass is 32.2. The quantitative estimate of drug-likeness (QED) is 0.404. The van der Waals surface area contributed by atoms with Gasteiger partial charge >= 0.3 is 0 Å². The summed E-state index contributed by atoms with van der Waals surface area (Å²) >= 11 is 1.03. The smallest absolute Gasteiger partial charge is 0.266 e. The highest BCUT2D eigenvalue weighted by Crippen LogP contribution is 2.19. The molecule has 0 aliphatic heterocycles. The number of benzene rings is 1. The fourth-order valence-corrected chi connectivity index (χ4v) is 1.90. The van der Waals surface area contributed by atoms with E-state index in [9.17, 15) is 4.79 Å². The van der Waals surface area contributed by atoms with Gasteiger partial charge in [-0.1, -0.05) is 0 Å². The van der Waals surface area contributed by atoms with Crippen LogP contribution in [0.2, 0.25) is 0 Å². The summed E-state index contributed by atoms with van der Waals surface area (Å²) in [7, 11) is 0. The first-order valence-electron chi connectivity index (χ1n) is 5.85. The summed E-state index contributed by atoms with van der Waals surface area (Å²) < 4.78 is 5.07. The molecule has 0 spiro atoms. The van der Waals surface area contributed by atoms with E-state index in [1.807, 2.05) is 11.5 Å². The van der Waals surface area contributed by atoms with E-state index in [1.54, 1.807) is 36.4 Å². The number of amides is 1. The minimum atomic E-state index is -0.519. The third kappa shape index (κ3) is 4.00. The van der Waals surface area contributed by atoms with Gasteiger partial charge in [-0.2, -0.15) is 10.5 Å². The lowest BCUT2D eigenvalue weighted by molar-refractivity contribution is -0.112. The van der Waals surface area contributed by atoms with Crippen LogP contribution in [0.4, 0.5) is 5.69 Å². The number of thioether (sulfide) groups is 1. The molecule has 6 heteroatoms. The Morgan fingerprint density at radius 1 is 1.24 bits per heavy atom. The molecule has 1 amide bonds. The maximum Gasteiger partial charge on any atom is 0.266 e. The van der Waals surface area contributed by atoms with Gasteiger partial charge in [-0.25, -0.2) is 0 Å². The topological polar surface area (TPSA) is 89.8 Å². The standard InChI is InChI=1S/C15H9N3O2S/c16-9-11(8-13-2-1-7-20-13)15(19)18-12-3-5-14(6-4-12)21-10-17/h1-8H,(H,18,19)/b11-8+. The lowest BCUT2D eigenvalue weighted by Crippen LogP contribution is -2.13. The summed E-state index contributed by atoms with van der Waals surface area (Å²) in [5.41, 5.74) is 0.489. The first kappa shape index (κ1) is 14.4. The van der Waals surface area contributed by atoms with Crippen molar-refractivity contribution in [1.29, 1.82) is 10.5 Å². The molecular formula is C15H9N3O2S. The average molecular weight is 295 g/mol. The molecule has 0 aliphatic carbocycles. The zero-order valence-corrected chi connectivity index (χ0v) is 11.6. The second-order valence-electron chi connectivity index (χ2n) is 3.86. The number of hydrogen-bond donors (Lipinski definition) is 1. The normalized spacial score (nSPS) is 10.5. The predicted molar refractivity (Wildman–Crippen MR) is 78.8 cm³/mol. The molecular weight excluding hydrogens is 286 g/mol. The first-order chi connectivity index (χ1) is 10.2. The Labute approximate surface area is 125 Å². The van der Waals surface area contributed by atoms with Gasteiger partial charge in [-0.3, -0.25) is 4.79 Å². The van der Waals surface area contributed by atoms with Gasteiger partial charge in [-0.05, 0) is 48.2 Å².